The number of aliphatic carboxylic acids is 1. The van der Waals surface area contributed by atoms with Crippen LogP contribution in [0.5, 0.6) is 0 Å². The fraction of sp³-hybridized carbons (Fsp3) is 0.545. The second kappa shape index (κ2) is 7.05. The quantitative estimate of drug-likeness (QED) is 0.736. The average molecular weight is 287 g/mol. The number of anilines is 1. The van der Waals surface area contributed by atoms with Gasteiger partial charge in [-0.3, -0.25) is 5.32 Å². The zero-order valence-electron chi connectivity index (χ0n) is 11.0. The van der Waals surface area contributed by atoms with Crippen molar-refractivity contribution in [3.05, 3.63) is 11.1 Å². The number of nitrogens with zero attached hydrogens (tertiary/aromatic N) is 1. The molecule has 0 saturated heterocycles. The highest BCUT2D eigenvalue weighted by Gasteiger charge is 2.17. The van der Waals surface area contributed by atoms with Crippen molar-refractivity contribution in [3.63, 3.8) is 0 Å². The number of thiazole rings is 1. The van der Waals surface area contributed by atoms with Crippen LogP contribution in [0.3, 0.4) is 0 Å². The molecule has 0 fully saturated rings. The molecule has 1 rings (SSSR count). The first-order chi connectivity index (χ1) is 8.93. The molecule has 0 aliphatic rings. The lowest BCUT2D eigenvalue weighted by Gasteiger charge is -2.11. The van der Waals surface area contributed by atoms with Crippen LogP contribution in [0.15, 0.2) is 5.38 Å². The molecule has 8 heteroatoms. The number of urea groups is 1. The molecule has 1 aromatic heterocycles. The Balaban J connectivity index is 2.44. The molecule has 0 bridgehead atoms. The molecule has 2 amide bonds. The summed E-state index contributed by atoms with van der Waals surface area (Å²) in [5.41, 5.74) is 0.903. The van der Waals surface area contributed by atoms with Gasteiger partial charge in [-0.05, 0) is 5.92 Å². The van der Waals surface area contributed by atoms with Gasteiger partial charge in [-0.2, -0.15) is 0 Å². The third-order valence-corrected chi connectivity index (χ3v) is 3.12. The minimum Gasteiger partial charge on any atom is -0.479 e. The smallest absolute Gasteiger partial charge is 0.334 e. The first kappa shape index (κ1) is 15.4. The summed E-state index contributed by atoms with van der Waals surface area (Å²) in [7, 11) is 1.27. The number of amides is 2. The maximum atomic E-state index is 11.5. The summed E-state index contributed by atoms with van der Waals surface area (Å²) in [6.07, 6.45) is -1.06. The van der Waals surface area contributed by atoms with Crippen LogP contribution >= 0.6 is 11.3 Å². The number of aromatic nitrogens is 1. The third-order valence-electron chi connectivity index (χ3n) is 2.34. The number of hydrogen-bond acceptors (Lipinski definition) is 5. The fourth-order valence-corrected chi connectivity index (χ4v) is 2.07. The van der Waals surface area contributed by atoms with Gasteiger partial charge in [0.2, 0.25) is 0 Å². The molecule has 3 N–H and O–H groups in total. The van der Waals surface area contributed by atoms with Gasteiger partial charge in [-0.15, -0.1) is 11.3 Å². The zero-order chi connectivity index (χ0) is 14.4. The number of carboxylic acid groups (broad SMARTS) is 1. The molecule has 0 radical (unpaired) electrons. The van der Waals surface area contributed by atoms with Crippen molar-refractivity contribution >= 4 is 28.5 Å². The summed E-state index contributed by atoms with van der Waals surface area (Å²) in [6.45, 7) is 3.91. The summed E-state index contributed by atoms with van der Waals surface area (Å²) >= 11 is 1.32. The minimum absolute atomic E-state index is 0.111. The topological polar surface area (TPSA) is 101 Å². The van der Waals surface area contributed by atoms with Crippen LogP contribution in [-0.2, 0) is 9.53 Å². The number of nitrogens with one attached hydrogen (secondary N) is 2. The predicted octanol–water partition coefficient (Wildman–Crippen LogP) is 1.49. The van der Waals surface area contributed by atoms with E-state index in [1.807, 2.05) is 19.2 Å². The maximum Gasteiger partial charge on any atom is 0.334 e. The SMILES string of the molecule is COC(CNC(=O)Nc1nc(C(C)C)cs1)C(=O)O. The van der Waals surface area contributed by atoms with E-state index < -0.39 is 18.1 Å². The Labute approximate surface area is 115 Å². The second-order valence-electron chi connectivity index (χ2n) is 4.13. The Bertz CT molecular complexity index is 447. The second-order valence-corrected chi connectivity index (χ2v) is 4.99. The van der Waals surface area contributed by atoms with Crippen molar-refractivity contribution in [2.45, 2.75) is 25.9 Å². The molecule has 0 aliphatic carbocycles. The van der Waals surface area contributed by atoms with E-state index in [4.69, 9.17) is 9.84 Å². The van der Waals surface area contributed by atoms with Gasteiger partial charge in [0.1, 0.15) is 0 Å². The van der Waals surface area contributed by atoms with E-state index in [2.05, 4.69) is 15.6 Å². The molecule has 1 unspecified atom stereocenters. The number of rotatable bonds is 6. The zero-order valence-corrected chi connectivity index (χ0v) is 11.8. The van der Waals surface area contributed by atoms with Gasteiger partial charge in [0.05, 0.1) is 12.2 Å². The molecule has 106 valence electrons. The van der Waals surface area contributed by atoms with Crippen LogP contribution in [0, 0.1) is 0 Å². The normalized spacial score (nSPS) is 12.2. The molecule has 0 spiro atoms. The molecule has 7 nitrogen and oxygen atoms in total. The summed E-state index contributed by atoms with van der Waals surface area (Å²) < 4.78 is 4.69. The van der Waals surface area contributed by atoms with Gasteiger partial charge in [0.15, 0.2) is 11.2 Å². The summed E-state index contributed by atoms with van der Waals surface area (Å²) in [6, 6.07) is -0.507. The largest absolute Gasteiger partial charge is 0.479 e. The van der Waals surface area contributed by atoms with Crippen molar-refractivity contribution in [3.8, 4) is 0 Å². The van der Waals surface area contributed by atoms with Crippen molar-refractivity contribution in [1.29, 1.82) is 0 Å². The van der Waals surface area contributed by atoms with E-state index in [9.17, 15) is 9.59 Å². The number of carboxylic acids is 1. The van der Waals surface area contributed by atoms with Crippen LogP contribution in [0.1, 0.15) is 25.5 Å². The Morgan fingerprint density at radius 1 is 1.53 bits per heavy atom. The first-order valence-electron chi connectivity index (χ1n) is 5.70. The van der Waals surface area contributed by atoms with E-state index in [1.165, 1.54) is 18.4 Å². The van der Waals surface area contributed by atoms with Gasteiger partial charge in [-0.25, -0.2) is 14.6 Å². The molecule has 1 heterocycles. The highest BCUT2D eigenvalue weighted by Crippen LogP contribution is 2.21. The van der Waals surface area contributed by atoms with Gasteiger partial charge >= 0.3 is 12.0 Å². The van der Waals surface area contributed by atoms with Crippen LogP contribution in [-0.4, -0.2) is 41.8 Å². The Morgan fingerprint density at radius 2 is 2.21 bits per heavy atom. The van der Waals surface area contributed by atoms with Gasteiger partial charge in [0.25, 0.3) is 0 Å². The molecule has 0 saturated carbocycles. The first-order valence-corrected chi connectivity index (χ1v) is 6.58. The van der Waals surface area contributed by atoms with E-state index in [0.29, 0.717) is 11.0 Å². The van der Waals surface area contributed by atoms with Crippen molar-refractivity contribution in [2.24, 2.45) is 0 Å². The van der Waals surface area contributed by atoms with E-state index >= 15 is 0 Å². The number of methoxy groups -OCH3 is 1. The fourth-order valence-electron chi connectivity index (χ4n) is 1.21. The molecule has 19 heavy (non-hydrogen) atoms. The Morgan fingerprint density at radius 3 is 2.68 bits per heavy atom. The predicted molar refractivity (Wildman–Crippen MR) is 71.7 cm³/mol. The van der Waals surface area contributed by atoms with E-state index in [-0.39, 0.29) is 6.54 Å². The highest BCUT2D eigenvalue weighted by atomic mass is 32.1. The third kappa shape index (κ3) is 4.84. The van der Waals surface area contributed by atoms with Gasteiger partial charge in [0, 0.05) is 12.5 Å². The number of ether oxygens (including phenoxy) is 1. The molecule has 0 aromatic carbocycles. The average Bonchev–Trinajstić information content (AvgIpc) is 2.78. The standard InChI is InChI=1S/C11H17N3O4S/c1-6(2)7-5-19-11(13-7)14-10(17)12-4-8(18-3)9(15)16/h5-6,8H,4H2,1-3H3,(H,15,16)(H2,12,13,14,17). The van der Waals surface area contributed by atoms with Crippen LogP contribution < -0.4 is 10.6 Å². The molecule has 1 aromatic rings. The maximum absolute atomic E-state index is 11.5. The molecule has 0 aliphatic heterocycles. The number of carbonyl (C=O) groups excluding carboxylic acids is 1. The lowest BCUT2D eigenvalue weighted by molar-refractivity contribution is -0.147. The lowest BCUT2D eigenvalue weighted by atomic mass is 10.2. The van der Waals surface area contributed by atoms with Crippen molar-refractivity contribution < 1.29 is 19.4 Å². The van der Waals surface area contributed by atoms with Crippen molar-refractivity contribution in [2.75, 3.05) is 19.0 Å². The Kier molecular flexibility index (Phi) is 5.71. The lowest BCUT2D eigenvalue weighted by Crippen LogP contribution is -2.39. The van der Waals surface area contributed by atoms with Gasteiger partial charge < -0.3 is 15.2 Å². The molecule has 1 atom stereocenters. The molecular weight excluding hydrogens is 270 g/mol. The van der Waals surface area contributed by atoms with Gasteiger partial charge in [-0.1, -0.05) is 13.8 Å². The van der Waals surface area contributed by atoms with Crippen LogP contribution in [0.25, 0.3) is 0 Å². The van der Waals surface area contributed by atoms with E-state index in [0.717, 1.165) is 5.69 Å². The molecular formula is C11H17N3O4S. The van der Waals surface area contributed by atoms with Crippen LogP contribution in [0.4, 0.5) is 9.93 Å². The Hall–Kier alpha value is -1.67. The highest BCUT2D eigenvalue weighted by molar-refractivity contribution is 7.13. The van der Waals surface area contributed by atoms with Crippen molar-refractivity contribution in [1.82, 2.24) is 10.3 Å². The number of carbonyl (C=O) groups is 2. The summed E-state index contributed by atoms with van der Waals surface area (Å²) in [5, 5.41) is 16.0. The van der Waals surface area contributed by atoms with Crippen LogP contribution in [0.2, 0.25) is 0 Å². The summed E-state index contributed by atoms with van der Waals surface area (Å²) in [4.78, 5) is 26.4. The minimum atomic E-state index is -1.13. The van der Waals surface area contributed by atoms with E-state index in [1.54, 1.807) is 0 Å². The number of hydrogen-bond donors (Lipinski definition) is 3. The monoisotopic (exact) mass is 287 g/mol. The summed E-state index contributed by atoms with van der Waals surface area (Å²) in [5.74, 6) is -0.834.